The highest BCUT2D eigenvalue weighted by atomic mass is 32.2. The van der Waals surface area contributed by atoms with E-state index in [0.29, 0.717) is 32.0 Å². The molecule has 11 heteroatoms. The Kier molecular flexibility index (Phi) is 7.66. The molecule has 0 saturated carbocycles. The molecule has 1 amide bonds. The molecule has 0 unspecified atom stereocenters. The Morgan fingerprint density at radius 2 is 1.62 bits per heavy atom. The molecule has 1 N–H and O–H groups in total. The molecule has 1 atom stereocenters. The number of benzene rings is 3. The Balaban J connectivity index is 1.40. The van der Waals surface area contributed by atoms with Crippen LogP contribution in [0.2, 0.25) is 0 Å². The van der Waals surface area contributed by atoms with E-state index in [1.54, 1.807) is 24.3 Å². The Hall–Kier alpha value is -3.41. The number of morpholine rings is 1. The van der Waals surface area contributed by atoms with Crippen LogP contribution < -0.4 is 9.62 Å². The Morgan fingerprint density at radius 3 is 2.33 bits per heavy atom. The Bertz CT molecular complexity index is 1440. The lowest BCUT2D eigenvalue weighted by Crippen LogP contribution is -2.49. The van der Waals surface area contributed by atoms with Crippen LogP contribution in [-0.2, 0) is 32.2 Å². The van der Waals surface area contributed by atoms with Crippen molar-refractivity contribution in [3.05, 3.63) is 83.9 Å². The van der Waals surface area contributed by atoms with Gasteiger partial charge in [0.25, 0.3) is 10.0 Å². The molecule has 2 heterocycles. The molecule has 1 saturated heterocycles. The molecule has 5 rings (SSSR count). The van der Waals surface area contributed by atoms with Crippen LogP contribution in [0.1, 0.15) is 11.1 Å². The third-order valence-corrected chi connectivity index (χ3v) is 8.85. The van der Waals surface area contributed by atoms with Gasteiger partial charge in [0, 0.05) is 32.6 Å². The fourth-order valence-electron chi connectivity index (χ4n) is 5.04. The number of para-hydroxylation sites is 1. The molecule has 1 fully saturated rings. The van der Waals surface area contributed by atoms with Crippen molar-refractivity contribution in [1.82, 2.24) is 10.2 Å². The molecule has 0 spiro atoms. The van der Waals surface area contributed by atoms with Gasteiger partial charge in [0.05, 0.1) is 29.4 Å². The SMILES string of the molecule is O=C(NCCN1CCOCC1)[C@@H]1Cc2ccccc2N1S(=O)(=O)c1ccc(-c2ccccc2C(F)(F)F)cc1. The second kappa shape index (κ2) is 11.0. The molecule has 39 heavy (non-hydrogen) atoms. The summed E-state index contributed by atoms with van der Waals surface area (Å²) in [6.45, 7) is 3.82. The third-order valence-electron chi connectivity index (χ3n) is 7.01. The van der Waals surface area contributed by atoms with Crippen molar-refractivity contribution < 1.29 is 31.1 Å². The summed E-state index contributed by atoms with van der Waals surface area (Å²) >= 11 is 0. The van der Waals surface area contributed by atoms with Crippen LogP contribution in [0.15, 0.2) is 77.7 Å². The highest BCUT2D eigenvalue weighted by molar-refractivity contribution is 7.93. The summed E-state index contributed by atoms with van der Waals surface area (Å²) in [6, 6.07) is 16.4. The standard InChI is InChI=1S/C28H28F3N3O4S/c29-28(30,31)24-7-3-2-6-23(24)20-9-11-22(12-10-20)39(36,37)34-25-8-4-1-5-21(25)19-26(34)27(35)32-13-14-33-15-17-38-18-16-33/h1-12,26H,13-19H2,(H,32,35)/t26-/m0/s1. The molecule has 0 aromatic heterocycles. The predicted molar refractivity (Wildman–Crippen MR) is 141 cm³/mol. The van der Waals surface area contributed by atoms with E-state index in [2.05, 4.69) is 10.2 Å². The molecule has 3 aromatic carbocycles. The minimum Gasteiger partial charge on any atom is -0.379 e. The summed E-state index contributed by atoms with van der Waals surface area (Å²) in [5.41, 5.74) is 0.532. The maximum Gasteiger partial charge on any atom is 0.417 e. The van der Waals surface area contributed by atoms with Crippen LogP contribution in [0, 0.1) is 0 Å². The zero-order valence-corrected chi connectivity index (χ0v) is 21.8. The smallest absolute Gasteiger partial charge is 0.379 e. The number of ether oxygens (including phenoxy) is 1. The number of rotatable bonds is 7. The molecule has 0 bridgehead atoms. The number of sulfonamides is 1. The normalized spacial score (nSPS) is 18.1. The number of halogens is 3. The zero-order chi connectivity index (χ0) is 27.6. The number of carbonyl (C=O) groups is 1. The van der Waals surface area contributed by atoms with Gasteiger partial charge in [-0.1, -0.05) is 48.5 Å². The molecule has 7 nitrogen and oxygen atoms in total. The Morgan fingerprint density at radius 1 is 0.949 bits per heavy atom. The van der Waals surface area contributed by atoms with Gasteiger partial charge in [0.2, 0.25) is 5.91 Å². The highest BCUT2D eigenvalue weighted by Gasteiger charge is 2.42. The second-order valence-corrected chi connectivity index (χ2v) is 11.3. The number of hydrogen-bond acceptors (Lipinski definition) is 5. The predicted octanol–water partition coefficient (Wildman–Crippen LogP) is 3.94. The van der Waals surface area contributed by atoms with Crippen LogP contribution in [0.25, 0.3) is 11.1 Å². The summed E-state index contributed by atoms with van der Waals surface area (Å²) in [7, 11) is -4.21. The molecule has 3 aromatic rings. The van der Waals surface area contributed by atoms with E-state index < -0.39 is 33.7 Å². The topological polar surface area (TPSA) is 79.0 Å². The van der Waals surface area contributed by atoms with E-state index in [0.717, 1.165) is 29.0 Å². The molecule has 206 valence electrons. The molecular weight excluding hydrogens is 531 g/mol. The average molecular weight is 560 g/mol. The first-order valence-corrected chi connectivity index (χ1v) is 14.1. The zero-order valence-electron chi connectivity index (χ0n) is 21.0. The lowest BCUT2D eigenvalue weighted by atomic mass is 9.99. The second-order valence-electron chi connectivity index (χ2n) is 9.46. The van der Waals surface area contributed by atoms with Crippen molar-refractivity contribution in [2.24, 2.45) is 0 Å². The summed E-state index contributed by atoms with van der Waals surface area (Å²) in [6.07, 6.45) is -4.33. The number of hydrogen-bond donors (Lipinski definition) is 1. The van der Waals surface area contributed by atoms with Crippen molar-refractivity contribution in [2.75, 3.05) is 43.7 Å². The summed E-state index contributed by atoms with van der Waals surface area (Å²) in [5, 5.41) is 2.88. The number of fused-ring (bicyclic) bond motifs is 1. The van der Waals surface area contributed by atoms with E-state index in [4.69, 9.17) is 4.74 Å². The van der Waals surface area contributed by atoms with Crippen molar-refractivity contribution in [3.63, 3.8) is 0 Å². The van der Waals surface area contributed by atoms with Gasteiger partial charge in [0.1, 0.15) is 6.04 Å². The van der Waals surface area contributed by atoms with Crippen molar-refractivity contribution >= 4 is 21.6 Å². The number of nitrogens with zero attached hydrogens (tertiary/aromatic N) is 2. The average Bonchev–Trinajstić information content (AvgIpc) is 3.34. The third kappa shape index (κ3) is 5.66. The molecular formula is C28H28F3N3O4S. The van der Waals surface area contributed by atoms with Crippen LogP contribution in [-0.4, -0.2) is 64.7 Å². The summed E-state index contributed by atoms with van der Waals surface area (Å²) in [4.78, 5) is 15.3. The summed E-state index contributed by atoms with van der Waals surface area (Å²) < 4.78 is 74.7. The van der Waals surface area contributed by atoms with Gasteiger partial charge in [0.15, 0.2) is 0 Å². The van der Waals surface area contributed by atoms with Gasteiger partial charge < -0.3 is 10.1 Å². The maximum absolute atomic E-state index is 13.9. The first-order valence-electron chi connectivity index (χ1n) is 12.6. The van der Waals surface area contributed by atoms with Crippen molar-refractivity contribution in [1.29, 1.82) is 0 Å². The monoisotopic (exact) mass is 559 g/mol. The van der Waals surface area contributed by atoms with Crippen LogP contribution in [0.4, 0.5) is 18.9 Å². The van der Waals surface area contributed by atoms with Gasteiger partial charge >= 0.3 is 6.18 Å². The minimum atomic E-state index is -4.55. The van der Waals surface area contributed by atoms with E-state index >= 15 is 0 Å². The molecule has 0 radical (unpaired) electrons. The van der Waals surface area contributed by atoms with Gasteiger partial charge in [-0.05, 0) is 41.0 Å². The largest absolute Gasteiger partial charge is 0.417 e. The molecule has 0 aliphatic carbocycles. The first kappa shape index (κ1) is 27.2. The lowest BCUT2D eigenvalue weighted by molar-refractivity contribution is -0.137. The van der Waals surface area contributed by atoms with Crippen LogP contribution >= 0.6 is 0 Å². The van der Waals surface area contributed by atoms with Gasteiger partial charge in [-0.15, -0.1) is 0 Å². The number of alkyl halides is 3. The quantitative estimate of drug-likeness (QED) is 0.475. The summed E-state index contributed by atoms with van der Waals surface area (Å²) in [5.74, 6) is -0.404. The number of amides is 1. The fraction of sp³-hybridized carbons (Fsp3) is 0.321. The van der Waals surface area contributed by atoms with E-state index in [-0.39, 0.29) is 22.4 Å². The van der Waals surface area contributed by atoms with Crippen molar-refractivity contribution in [3.8, 4) is 11.1 Å². The van der Waals surface area contributed by atoms with E-state index in [9.17, 15) is 26.4 Å². The highest BCUT2D eigenvalue weighted by Crippen LogP contribution is 2.39. The Labute approximate surface area is 225 Å². The minimum absolute atomic E-state index is 0.0435. The van der Waals surface area contributed by atoms with E-state index in [1.807, 2.05) is 0 Å². The maximum atomic E-state index is 13.9. The fourth-order valence-corrected chi connectivity index (χ4v) is 6.69. The van der Waals surface area contributed by atoms with Crippen LogP contribution in [0.3, 0.4) is 0 Å². The first-order chi connectivity index (χ1) is 18.7. The molecule has 2 aliphatic rings. The molecule has 2 aliphatic heterocycles. The van der Waals surface area contributed by atoms with E-state index in [1.165, 1.54) is 42.5 Å². The van der Waals surface area contributed by atoms with Gasteiger partial charge in [-0.25, -0.2) is 8.42 Å². The van der Waals surface area contributed by atoms with Crippen molar-refractivity contribution in [2.45, 2.75) is 23.5 Å². The van der Waals surface area contributed by atoms with Gasteiger partial charge in [-0.3, -0.25) is 14.0 Å². The lowest BCUT2D eigenvalue weighted by Gasteiger charge is -2.28. The van der Waals surface area contributed by atoms with Crippen LogP contribution in [0.5, 0.6) is 0 Å². The van der Waals surface area contributed by atoms with Gasteiger partial charge in [-0.2, -0.15) is 13.2 Å². The number of anilines is 1. The number of carbonyl (C=O) groups excluding carboxylic acids is 1. The number of nitrogens with one attached hydrogen (secondary N) is 1.